The molecule has 0 saturated carbocycles. The van der Waals surface area contributed by atoms with Crippen molar-refractivity contribution in [2.45, 2.75) is 44.2 Å². The maximum absolute atomic E-state index is 12.8. The Labute approximate surface area is 293 Å². The number of likely N-dealkylation sites (tertiary alicyclic amines) is 1. The lowest BCUT2D eigenvalue weighted by Gasteiger charge is -2.31. The number of nitrogens with zero attached hydrogens (tertiary/aromatic N) is 4. The van der Waals surface area contributed by atoms with Gasteiger partial charge in [0.25, 0.3) is 0 Å². The highest BCUT2D eigenvalue weighted by Crippen LogP contribution is 2.37. The molecule has 0 radical (unpaired) electrons. The monoisotopic (exact) mass is 683 g/mol. The number of nitrogens with two attached hydrogens (primary N) is 1. The molecule has 3 aromatic carbocycles. The first-order valence-electron chi connectivity index (χ1n) is 16.9. The molecule has 2 aliphatic heterocycles. The molecule has 6 rings (SSSR count). The van der Waals surface area contributed by atoms with Gasteiger partial charge < -0.3 is 44.0 Å². The minimum absolute atomic E-state index is 0.102. The molecule has 2 saturated heterocycles. The van der Waals surface area contributed by atoms with Crippen molar-refractivity contribution in [2.75, 3.05) is 64.6 Å². The number of nitrogen functional groups attached to an aromatic ring is 1. The van der Waals surface area contributed by atoms with Crippen LogP contribution in [0.2, 0.25) is 0 Å². The summed E-state index contributed by atoms with van der Waals surface area (Å²) in [6.07, 6.45) is 0.745. The summed E-state index contributed by atoms with van der Waals surface area (Å²) < 4.78 is 34.2. The fourth-order valence-corrected chi connectivity index (χ4v) is 6.36. The first-order valence-corrected chi connectivity index (χ1v) is 16.9. The van der Waals surface area contributed by atoms with E-state index < -0.39 is 0 Å². The predicted octanol–water partition coefficient (Wildman–Crippen LogP) is 5.62. The third-order valence-electron chi connectivity index (χ3n) is 9.00. The van der Waals surface area contributed by atoms with Crippen molar-refractivity contribution in [2.24, 2.45) is 0 Å². The van der Waals surface area contributed by atoms with Gasteiger partial charge in [0.05, 0.1) is 5.69 Å². The normalized spacial score (nSPS) is 18.0. The Hall–Kier alpha value is -4.75. The number of benzene rings is 3. The van der Waals surface area contributed by atoms with Crippen molar-refractivity contribution in [3.8, 4) is 17.0 Å². The summed E-state index contributed by atoms with van der Waals surface area (Å²) in [5, 5.41) is 0. The zero-order valence-corrected chi connectivity index (χ0v) is 28.6. The molecule has 2 aliphatic rings. The van der Waals surface area contributed by atoms with Crippen LogP contribution in [0.4, 0.5) is 16.4 Å². The van der Waals surface area contributed by atoms with Gasteiger partial charge in [-0.1, -0.05) is 60.7 Å². The minimum Gasteiger partial charge on any atom is -0.488 e. The molecule has 2 N–H and O–H groups in total. The Balaban J connectivity index is 1.21. The molecule has 12 nitrogen and oxygen atoms in total. The maximum Gasteiger partial charge on any atom is 0.410 e. The lowest BCUT2D eigenvalue weighted by molar-refractivity contribution is -0.139. The Kier molecular flexibility index (Phi) is 12.1. The van der Waals surface area contributed by atoms with Crippen LogP contribution in [0.5, 0.6) is 5.75 Å². The average Bonchev–Trinajstić information content (AvgIpc) is 3.57. The Bertz CT molecular complexity index is 1660. The van der Waals surface area contributed by atoms with Gasteiger partial charge in [-0.25, -0.2) is 14.8 Å². The van der Waals surface area contributed by atoms with Crippen LogP contribution in [0.15, 0.2) is 84.9 Å². The Morgan fingerprint density at radius 2 is 1.42 bits per heavy atom. The van der Waals surface area contributed by atoms with Gasteiger partial charge in [0, 0.05) is 63.3 Å². The highest BCUT2D eigenvalue weighted by atomic mass is 16.7. The second-order valence-corrected chi connectivity index (χ2v) is 12.4. The number of ether oxygens (including phenoxy) is 6. The van der Waals surface area contributed by atoms with Crippen LogP contribution in [0.1, 0.15) is 35.6 Å². The molecule has 1 aromatic heterocycles. The van der Waals surface area contributed by atoms with Gasteiger partial charge in [-0.2, -0.15) is 0 Å². The van der Waals surface area contributed by atoms with Crippen LogP contribution in [0.3, 0.4) is 0 Å². The van der Waals surface area contributed by atoms with Crippen molar-refractivity contribution in [1.82, 2.24) is 14.9 Å². The molecule has 12 heteroatoms. The quantitative estimate of drug-likeness (QED) is 0.166. The van der Waals surface area contributed by atoms with E-state index in [0.717, 1.165) is 40.9 Å². The van der Waals surface area contributed by atoms with Crippen LogP contribution in [0, 0.1) is 0 Å². The molecule has 0 spiro atoms. The second kappa shape index (κ2) is 17.3. The van der Waals surface area contributed by atoms with E-state index in [1.165, 1.54) is 0 Å². The average molecular weight is 684 g/mol. The third-order valence-corrected chi connectivity index (χ3v) is 9.00. The van der Waals surface area contributed by atoms with E-state index in [0.29, 0.717) is 44.2 Å². The lowest BCUT2D eigenvalue weighted by atomic mass is 9.92. The summed E-state index contributed by atoms with van der Waals surface area (Å²) in [6, 6.07) is 27.8. The molecule has 2 atom stereocenters. The van der Waals surface area contributed by atoms with Gasteiger partial charge >= 0.3 is 6.09 Å². The number of carbonyl (C=O) groups excluding carboxylic acids is 1. The fraction of sp³-hybridized carbons (Fsp3) is 0.395. The molecular formula is C38H45N5O7. The number of hydrogen-bond donors (Lipinski definition) is 1. The van der Waals surface area contributed by atoms with E-state index in [-0.39, 0.29) is 50.4 Å². The van der Waals surface area contributed by atoms with E-state index in [1.807, 2.05) is 78.9 Å². The molecule has 1 amide bonds. The highest BCUT2D eigenvalue weighted by Gasteiger charge is 2.35. The topological polar surface area (TPSA) is 131 Å². The SMILES string of the molecule is COCO[C@H]1CN(c2ccc(OCc3ccccc3)c(-c3cc(C4CCN(C(=O)OCc5ccccc5)CC4)nc(N)n3)c2)C[C@@H]1OCOC. The predicted molar refractivity (Wildman–Crippen MR) is 189 cm³/mol. The molecule has 264 valence electrons. The summed E-state index contributed by atoms with van der Waals surface area (Å²) in [6.45, 7) is 3.30. The molecule has 0 bridgehead atoms. The van der Waals surface area contributed by atoms with Crippen LogP contribution in [0.25, 0.3) is 11.3 Å². The number of methoxy groups -OCH3 is 2. The van der Waals surface area contributed by atoms with E-state index in [1.54, 1.807) is 19.1 Å². The number of anilines is 2. The molecule has 4 aromatic rings. The van der Waals surface area contributed by atoms with Gasteiger partial charge in [0.15, 0.2) is 0 Å². The largest absolute Gasteiger partial charge is 0.488 e. The minimum atomic E-state index is -0.307. The van der Waals surface area contributed by atoms with Gasteiger partial charge in [0.1, 0.15) is 44.8 Å². The molecule has 50 heavy (non-hydrogen) atoms. The number of piperidine rings is 1. The van der Waals surface area contributed by atoms with Gasteiger partial charge in [-0.15, -0.1) is 0 Å². The smallest absolute Gasteiger partial charge is 0.410 e. The molecule has 0 unspecified atom stereocenters. The summed E-state index contributed by atoms with van der Waals surface area (Å²) in [4.78, 5) is 26.1. The zero-order chi connectivity index (χ0) is 34.7. The summed E-state index contributed by atoms with van der Waals surface area (Å²) >= 11 is 0. The molecule has 0 aliphatic carbocycles. The first-order chi connectivity index (χ1) is 24.5. The number of aromatic nitrogens is 2. The van der Waals surface area contributed by atoms with Crippen LogP contribution < -0.4 is 15.4 Å². The van der Waals surface area contributed by atoms with Crippen LogP contribution >= 0.6 is 0 Å². The van der Waals surface area contributed by atoms with E-state index >= 15 is 0 Å². The number of amides is 1. The Morgan fingerprint density at radius 3 is 2.04 bits per heavy atom. The third kappa shape index (κ3) is 9.07. The second-order valence-electron chi connectivity index (χ2n) is 12.4. The summed E-state index contributed by atoms with van der Waals surface area (Å²) in [5.74, 6) is 0.963. The number of rotatable bonds is 14. The van der Waals surface area contributed by atoms with Gasteiger partial charge in [-0.05, 0) is 48.2 Å². The van der Waals surface area contributed by atoms with Crippen molar-refractivity contribution >= 4 is 17.7 Å². The molecule has 3 heterocycles. The summed E-state index contributed by atoms with van der Waals surface area (Å²) in [7, 11) is 3.20. The van der Waals surface area contributed by atoms with Gasteiger partial charge in [-0.3, -0.25) is 0 Å². The van der Waals surface area contributed by atoms with E-state index in [9.17, 15) is 4.79 Å². The maximum atomic E-state index is 12.8. The van der Waals surface area contributed by atoms with Crippen LogP contribution in [-0.4, -0.2) is 87.2 Å². The summed E-state index contributed by atoms with van der Waals surface area (Å²) in [5.41, 5.74) is 11.6. The van der Waals surface area contributed by atoms with Crippen molar-refractivity contribution in [3.63, 3.8) is 0 Å². The van der Waals surface area contributed by atoms with Crippen LogP contribution in [-0.2, 0) is 36.9 Å². The number of hydrogen-bond acceptors (Lipinski definition) is 11. The standard InChI is InChI=1S/C38H45N5O7/c1-45-25-49-35-21-43(22-36(35)50-26-46-2)30-13-14-34(47-23-27-9-5-3-6-10-27)31(19-30)33-20-32(40-37(39)41-33)29-15-17-42(18-16-29)38(44)48-24-28-11-7-4-8-12-28/h3-14,19-20,29,35-36H,15-18,21-26H2,1-2H3,(H2,39,40,41)/t35-,36-/m0/s1. The Morgan fingerprint density at radius 1 is 0.800 bits per heavy atom. The van der Waals surface area contributed by atoms with Gasteiger partial charge in [0.2, 0.25) is 5.95 Å². The molecular weight excluding hydrogens is 638 g/mol. The zero-order valence-electron chi connectivity index (χ0n) is 28.6. The van der Waals surface area contributed by atoms with Crippen molar-refractivity contribution in [1.29, 1.82) is 0 Å². The van der Waals surface area contributed by atoms with Crippen molar-refractivity contribution in [3.05, 3.63) is 102 Å². The van der Waals surface area contributed by atoms with E-state index in [4.69, 9.17) is 39.1 Å². The fourth-order valence-electron chi connectivity index (χ4n) is 6.36. The number of carbonyl (C=O) groups is 1. The van der Waals surface area contributed by atoms with E-state index in [2.05, 4.69) is 16.0 Å². The highest BCUT2D eigenvalue weighted by molar-refractivity contribution is 5.73. The first kappa shape index (κ1) is 35.1. The lowest BCUT2D eigenvalue weighted by Crippen LogP contribution is -2.38. The molecule has 2 fully saturated rings. The van der Waals surface area contributed by atoms with Crippen molar-refractivity contribution < 1.29 is 33.2 Å².